The number of anilines is 1. The van der Waals surface area contributed by atoms with Gasteiger partial charge in [0, 0.05) is 18.7 Å². The molecule has 0 aliphatic carbocycles. The van der Waals surface area contributed by atoms with Crippen LogP contribution in [0.25, 0.3) is 0 Å². The largest absolute Gasteiger partial charge is 0.312 e. The van der Waals surface area contributed by atoms with Crippen LogP contribution in [-0.2, 0) is 9.59 Å². The number of amides is 2. The normalized spacial score (nSPS) is 19.9. The molecule has 3 N–H and O–H groups in total. The van der Waals surface area contributed by atoms with Crippen molar-refractivity contribution in [2.75, 3.05) is 11.4 Å². The minimum absolute atomic E-state index is 0.0419. The Labute approximate surface area is 93.2 Å². The predicted molar refractivity (Wildman–Crippen MR) is 59.2 cm³/mol. The van der Waals surface area contributed by atoms with Crippen LogP contribution in [0.15, 0.2) is 30.3 Å². The van der Waals surface area contributed by atoms with Crippen molar-refractivity contribution in [1.29, 1.82) is 0 Å². The van der Waals surface area contributed by atoms with Crippen LogP contribution in [0.4, 0.5) is 5.69 Å². The van der Waals surface area contributed by atoms with Crippen molar-refractivity contribution >= 4 is 17.5 Å². The molecule has 5 heteroatoms. The van der Waals surface area contributed by atoms with Crippen LogP contribution in [0, 0.1) is 5.92 Å². The van der Waals surface area contributed by atoms with Crippen molar-refractivity contribution in [2.45, 2.75) is 6.42 Å². The Bertz CT molecular complexity index is 405. The molecule has 0 aromatic heterocycles. The number of hydrogen-bond donors (Lipinski definition) is 2. The average molecular weight is 219 g/mol. The first-order chi connectivity index (χ1) is 7.72. The predicted octanol–water partition coefficient (Wildman–Crippen LogP) is 0.0294. The number of carbonyl (C=O) groups is 2. The Morgan fingerprint density at radius 1 is 1.38 bits per heavy atom. The second-order valence-corrected chi connectivity index (χ2v) is 3.75. The molecule has 1 aromatic rings. The molecular formula is C11H13N3O2. The summed E-state index contributed by atoms with van der Waals surface area (Å²) in [6.07, 6.45) is 0.220. The topological polar surface area (TPSA) is 75.4 Å². The highest BCUT2D eigenvalue weighted by Gasteiger charge is 2.34. The Morgan fingerprint density at radius 3 is 2.69 bits per heavy atom. The summed E-state index contributed by atoms with van der Waals surface area (Å²) < 4.78 is 0. The van der Waals surface area contributed by atoms with Crippen LogP contribution in [-0.4, -0.2) is 18.4 Å². The number of hydrogen-bond acceptors (Lipinski definition) is 3. The minimum atomic E-state index is -0.349. The molecule has 1 saturated heterocycles. The molecule has 5 nitrogen and oxygen atoms in total. The maximum absolute atomic E-state index is 11.7. The van der Waals surface area contributed by atoms with Crippen molar-refractivity contribution in [3.05, 3.63) is 30.3 Å². The fourth-order valence-electron chi connectivity index (χ4n) is 1.86. The van der Waals surface area contributed by atoms with E-state index in [1.54, 1.807) is 4.90 Å². The third-order valence-electron chi connectivity index (χ3n) is 2.71. The molecule has 0 spiro atoms. The highest BCUT2D eigenvalue weighted by molar-refractivity contribution is 6.00. The molecule has 0 saturated carbocycles. The number of rotatable bonds is 2. The van der Waals surface area contributed by atoms with Crippen LogP contribution in [0.3, 0.4) is 0 Å². The molecular weight excluding hydrogens is 206 g/mol. The summed E-state index contributed by atoms with van der Waals surface area (Å²) in [5.41, 5.74) is 2.90. The fourth-order valence-corrected chi connectivity index (χ4v) is 1.86. The number of nitrogens with zero attached hydrogens (tertiary/aromatic N) is 1. The maximum Gasteiger partial charge on any atom is 0.239 e. The first-order valence-electron chi connectivity index (χ1n) is 5.08. The summed E-state index contributed by atoms with van der Waals surface area (Å²) in [5, 5.41) is 0. The minimum Gasteiger partial charge on any atom is -0.312 e. The van der Waals surface area contributed by atoms with Crippen LogP contribution in [0.2, 0.25) is 0 Å². The molecule has 0 bridgehead atoms. The van der Waals surface area contributed by atoms with Crippen LogP contribution in [0.5, 0.6) is 0 Å². The number of hydrazine groups is 1. The van der Waals surface area contributed by atoms with E-state index in [-0.39, 0.29) is 24.2 Å². The SMILES string of the molecule is NNC(=O)C1CC(=O)N(c2ccccc2)C1. The smallest absolute Gasteiger partial charge is 0.239 e. The summed E-state index contributed by atoms with van der Waals surface area (Å²) >= 11 is 0. The van der Waals surface area contributed by atoms with Crippen LogP contribution < -0.4 is 16.2 Å². The summed E-state index contributed by atoms with van der Waals surface area (Å²) in [4.78, 5) is 24.6. The first-order valence-corrected chi connectivity index (χ1v) is 5.08. The first kappa shape index (κ1) is 10.6. The lowest BCUT2D eigenvalue weighted by molar-refractivity contribution is -0.126. The molecule has 1 atom stereocenters. The van der Waals surface area contributed by atoms with E-state index in [1.807, 2.05) is 30.3 Å². The number of benzene rings is 1. The van der Waals surface area contributed by atoms with Gasteiger partial charge in [0.2, 0.25) is 11.8 Å². The van der Waals surface area contributed by atoms with E-state index in [1.165, 1.54) is 0 Å². The molecule has 1 aromatic carbocycles. The van der Waals surface area contributed by atoms with E-state index in [2.05, 4.69) is 5.43 Å². The third-order valence-corrected chi connectivity index (χ3v) is 2.71. The summed E-state index contributed by atoms with van der Waals surface area (Å²) in [6, 6.07) is 9.30. The van der Waals surface area contributed by atoms with Crippen molar-refractivity contribution in [3.63, 3.8) is 0 Å². The molecule has 2 rings (SSSR count). The average Bonchev–Trinajstić information content (AvgIpc) is 2.71. The molecule has 16 heavy (non-hydrogen) atoms. The Balaban J connectivity index is 2.14. The van der Waals surface area contributed by atoms with Gasteiger partial charge in [-0.15, -0.1) is 0 Å². The molecule has 1 fully saturated rings. The van der Waals surface area contributed by atoms with E-state index in [0.717, 1.165) is 5.69 Å². The number of nitrogens with one attached hydrogen (secondary N) is 1. The van der Waals surface area contributed by atoms with Gasteiger partial charge in [0.15, 0.2) is 0 Å². The second-order valence-electron chi connectivity index (χ2n) is 3.75. The van der Waals surface area contributed by atoms with Gasteiger partial charge in [-0.2, -0.15) is 0 Å². The lowest BCUT2D eigenvalue weighted by atomic mass is 10.1. The van der Waals surface area contributed by atoms with E-state index in [9.17, 15) is 9.59 Å². The standard InChI is InChI=1S/C11H13N3O2/c12-13-11(16)8-6-10(15)14(7-8)9-4-2-1-3-5-9/h1-5,8H,6-7,12H2,(H,13,16). The molecule has 0 radical (unpaired) electrons. The number of carbonyl (C=O) groups excluding carboxylic acids is 2. The monoisotopic (exact) mass is 219 g/mol. The van der Waals surface area contributed by atoms with E-state index < -0.39 is 0 Å². The van der Waals surface area contributed by atoms with Crippen LogP contribution in [0.1, 0.15) is 6.42 Å². The molecule has 84 valence electrons. The van der Waals surface area contributed by atoms with Gasteiger partial charge >= 0.3 is 0 Å². The Morgan fingerprint density at radius 2 is 2.06 bits per heavy atom. The zero-order chi connectivity index (χ0) is 11.5. The van der Waals surface area contributed by atoms with E-state index in [4.69, 9.17) is 5.84 Å². The zero-order valence-corrected chi connectivity index (χ0v) is 8.72. The van der Waals surface area contributed by atoms with Crippen LogP contribution >= 0.6 is 0 Å². The quantitative estimate of drug-likeness (QED) is 0.418. The van der Waals surface area contributed by atoms with Crippen molar-refractivity contribution < 1.29 is 9.59 Å². The Hall–Kier alpha value is -1.88. The molecule has 1 aliphatic rings. The van der Waals surface area contributed by atoms with Gasteiger partial charge in [0.25, 0.3) is 0 Å². The third kappa shape index (κ3) is 1.90. The van der Waals surface area contributed by atoms with Gasteiger partial charge in [-0.3, -0.25) is 15.0 Å². The highest BCUT2D eigenvalue weighted by atomic mass is 16.2. The highest BCUT2D eigenvalue weighted by Crippen LogP contribution is 2.24. The lowest BCUT2D eigenvalue weighted by Gasteiger charge is -2.15. The van der Waals surface area contributed by atoms with Gasteiger partial charge in [0.05, 0.1) is 5.92 Å². The van der Waals surface area contributed by atoms with Gasteiger partial charge < -0.3 is 4.90 Å². The fraction of sp³-hybridized carbons (Fsp3) is 0.273. The van der Waals surface area contributed by atoms with Gasteiger partial charge in [-0.05, 0) is 12.1 Å². The van der Waals surface area contributed by atoms with Crippen molar-refractivity contribution in [1.82, 2.24) is 5.43 Å². The second kappa shape index (κ2) is 4.32. The summed E-state index contributed by atoms with van der Waals surface area (Å²) in [5.74, 6) is 4.38. The van der Waals surface area contributed by atoms with Gasteiger partial charge in [-0.25, -0.2) is 5.84 Å². The Kier molecular flexibility index (Phi) is 2.87. The summed E-state index contributed by atoms with van der Waals surface area (Å²) in [6.45, 7) is 0.395. The molecule has 1 heterocycles. The molecule has 2 amide bonds. The molecule has 1 unspecified atom stereocenters. The summed E-state index contributed by atoms with van der Waals surface area (Å²) in [7, 11) is 0. The maximum atomic E-state index is 11.7. The van der Waals surface area contributed by atoms with E-state index in [0.29, 0.717) is 6.54 Å². The van der Waals surface area contributed by atoms with E-state index >= 15 is 0 Å². The number of nitrogens with two attached hydrogens (primary N) is 1. The van der Waals surface area contributed by atoms with Crippen molar-refractivity contribution in [3.8, 4) is 0 Å². The zero-order valence-electron chi connectivity index (χ0n) is 8.72. The number of para-hydroxylation sites is 1. The molecule has 1 aliphatic heterocycles. The lowest BCUT2D eigenvalue weighted by Crippen LogP contribution is -2.37. The van der Waals surface area contributed by atoms with Gasteiger partial charge in [-0.1, -0.05) is 18.2 Å². The van der Waals surface area contributed by atoms with Crippen molar-refractivity contribution in [2.24, 2.45) is 11.8 Å². The van der Waals surface area contributed by atoms with Gasteiger partial charge in [0.1, 0.15) is 0 Å².